The zero-order chi connectivity index (χ0) is 21.8. The summed E-state index contributed by atoms with van der Waals surface area (Å²) in [5.74, 6) is 0.0521. The summed E-state index contributed by atoms with van der Waals surface area (Å²) in [4.78, 5) is 34.0. The molecule has 30 heavy (non-hydrogen) atoms. The Kier molecular flexibility index (Phi) is 7.13. The first-order chi connectivity index (χ1) is 14.3. The van der Waals surface area contributed by atoms with E-state index in [4.69, 9.17) is 27.9 Å². The van der Waals surface area contributed by atoms with Gasteiger partial charge in [-0.25, -0.2) is 9.78 Å². The molecule has 1 aromatic heterocycles. The summed E-state index contributed by atoms with van der Waals surface area (Å²) in [6, 6.07) is 10.3. The van der Waals surface area contributed by atoms with Crippen LogP contribution in [0, 0.1) is 0 Å². The van der Waals surface area contributed by atoms with Gasteiger partial charge in [0.05, 0.1) is 40.2 Å². The number of carbonyl (C=O) groups is 1. The van der Waals surface area contributed by atoms with Gasteiger partial charge < -0.3 is 9.72 Å². The second kappa shape index (κ2) is 9.60. The Morgan fingerprint density at radius 1 is 1.20 bits per heavy atom. The minimum atomic E-state index is -0.471. The fourth-order valence-electron chi connectivity index (χ4n) is 3.38. The van der Waals surface area contributed by atoms with Gasteiger partial charge in [0, 0.05) is 6.04 Å². The molecule has 0 aliphatic heterocycles. The van der Waals surface area contributed by atoms with Crippen LogP contribution >= 0.6 is 23.2 Å². The summed E-state index contributed by atoms with van der Waals surface area (Å²) in [6.45, 7) is 5.39. The van der Waals surface area contributed by atoms with Crippen molar-refractivity contribution in [2.45, 2.75) is 32.9 Å². The second-order valence-corrected chi connectivity index (χ2v) is 7.87. The molecule has 2 aromatic carbocycles. The number of methoxy groups -OCH3 is 1. The number of carbonyl (C=O) groups excluding carboxylic acids is 1. The number of nitrogens with one attached hydrogen (secondary N) is 1. The largest absolute Gasteiger partial charge is 0.465 e. The van der Waals surface area contributed by atoms with Crippen molar-refractivity contribution >= 4 is 40.1 Å². The summed E-state index contributed by atoms with van der Waals surface area (Å²) >= 11 is 12.2. The van der Waals surface area contributed by atoms with Gasteiger partial charge in [-0.1, -0.05) is 36.2 Å². The van der Waals surface area contributed by atoms with Crippen LogP contribution in [0.25, 0.3) is 10.9 Å². The van der Waals surface area contributed by atoms with Gasteiger partial charge in [-0.2, -0.15) is 0 Å². The van der Waals surface area contributed by atoms with E-state index in [0.717, 1.165) is 18.5 Å². The SMILES string of the molecule is CCCN(Cc1nc2cc(C(=O)OC)ccc2c(=O)[nH]1)C(C)c1ccc(Cl)c(Cl)c1. The quantitative estimate of drug-likeness (QED) is 0.516. The average molecular weight is 448 g/mol. The lowest BCUT2D eigenvalue weighted by Gasteiger charge is -2.29. The Bertz CT molecular complexity index is 1130. The molecule has 0 radical (unpaired) electrons. The van der Waals surface area contributed by atoms with E-state index in [9.17, 15) is 9.59 Å². The van der Waals surface area contributed by atoms with Crippen LogP contribution in [-0.4, -0.2) is 34.5 Å². The van der Waals surface area contributed by atoms with Crippen molar-refractivity contribution in [1.82, 2.24) is 14.9 Å². The minimum Gasteiger partial charge on any atom is -0.465 e. The number of fused-ring (bicyclic) bond motifs is 1. The summed E-state index contributed by atoms with van der Waals surface area (Å²) in [7, 11) is 1.32. The maximum absolute atomic E-state index is 12.5. The molecule has 0 amide bonds. The molecule has 1 atom stereocenters. The lowest BCUT2D eigenvalue weighted by molar-refractivity contribution is 0.0601. The van der Waals surface area contributed by atoms with Crippen molar-refractivity contribution in [3.8, 4) is 0 Å². The monoisotopic (exact) mass is 447 g/mol. The molecule has 3 rings (SSSR count). The number of nitrogens with zero attached hydrogens (tertiary/aromatic N) is 2. The van der Waals surface area contributed by atoms with E-state index in [1.165, 1.54) is 7.11 Å². The molecule has 3 aromatic rings. The Morgan fingerprint density at radius 2 is 1.97 bits per heavy atom. The first-order valence-electron chi connectivity index (χ1n) is 9.64. The molecule has 0 saturated carbocycles. The topological polar surface area (TPSA) is 75.3 Å². The fraction of sp³-hybridized carbons (Fsp3) is 0.318. The van der Waals surface area contributed by atoms with E-state index >= 15 is 0 Å². The molecule has 1 heterocycles. The van der Waals surface area contributed by atoms with E-state index in [-0.39, 0.29) is 11.6 Å². The van der Waals surface area contributed by atoms with Gasteiger partial charge in [0.2, 0.25) is 0 Å². The van der Waals surface area contributed by atoms with E-state index in [1.807, 2.05) is 12.1 Å². The molecule has 0 aliphatic rings. The summed E-state index contributed by atoms with van der Waals surface area (Å²) in [5.41, 5.74) is 1.58. The lowest BCUT2D eigenvalue weighted by Crippen LogP contribution is -2.29. The third-order valence-electron chi connectivity index (χ3n) is 5.01. The number of aromatic amines is 1. The summed E-state index contributed by atoms with van der Waals surface area (Å²) in [6.07, 6.45) is 0.927. The van der Waals surface area contributed by atoms with Crippen molar-refractivity contribution in [1.29, 1.82) is 0 Å². The molecule has 0 saturated heterocycles. The van der Waals surface area contributed by atoms with Crippen LogP contribution in [0.2, 0.25) is 10.0 Å². The highest BCUT2D eigenvalue weighted by molar-refractivity contribution is 6.42. The predicted octanol–water partition coefficient (Wildman–Crippen LogP) is 4.99. The van der Waals surface area contributed by atoms with Gasteiger partial charge in [-0.15, -0.1) is 0 Å². The van der Waals surface area contributed by atoms with Crippen LogP contribution in [-0.2, 0) is 11.3 Å². The zero-order valence-electron chi connectivity index (χ0n) is 17.0. The van der Waals surface area contributed by atoms with Crippen LogP contribution < -0.4 is 5.56 Å². The van der Waals surface area contributed by atoms with E-state index in [0.29, 0.717) is 38.9 Å². The average Bonchev–Trinajstić information content (AvgIpc) is 2.74. The summed E-state index contributed by atoms with van der Waals surface area (Å²) in [5, 5.41) is 1.44. The maximum Gasteiger partial charge on any atom is 0.337 e. The number of halogens is 2. The van der Waals surface area contributed by atoms with Gasteiger partial charge in [0.25, 0.3) is 5.56 Å². The molecule has 158 valence electrons. The minimum absolute atomic E-state index is 0.0297. The molecule has 0 aliphatic carbocycles. The van der Waals surface area contributed by atoms with Crippen LogP contribution in [0.15, 0.2) is 41.2 Å². The molecule has 6 nitrogen and oxygen atoms in total. The Labute approximate surface area is 184 Å². The number of benzene rings is 2. The van der Waals surface area contributed by atoms with Crippen LogP contribution in [0.4, 0.5) is 0 Å². The normalized spacial score (nSPS) is 12.3. The predicted molar refractivity (Wildman–Crippen MR) is 119 cm³/mol. The number of H-pyrrole nitrogens is 1. The zero-order valence-corrected chi connectivity index (χ0v) is 18.5. The van der Waals surface area contributed by atoms with Gasteiger partial charge >= 0.3 is 5.97 Å². The number of hydrogen-bond donors (Lipinski definition) is 1. The van der Waals surface area contributed by atoms with Gasteiger partial charge in [-0.3, -0.25) is 9.69 Å². The number of aromatic nitrogens is 2. The van der Waals surface area contributed by atoms with Crippen LogP contribution in [0.5, 0.6) is 0 Å². The van der Waals surface area contributed by atoms with E-state index < -0.39 is 5.97 Å². The Balaban J connectivity index is 1.94. The molecule has 0 fully saturated rings. The molecule has 0 bridgehead atoms. The smallest absolute Gasteiger partial charge is 0.337 e. The Hall–Kier alpha value is -2.41. The van der Waals surface area contributed by atoms with Crippen molar-refractivity contribution in [3.05, 3.63) is 73.7 Å². The van der Waals surface area contributed by atoms with Crippen LogP contribution in [0.1, 0.15) is 48.1 Å². The summed E-state index contributed by atoms with van der Waals surface area (Å²) < 4.78 is 4.76. The van der Waals surface area contributed by atoms with Crippen molar-refractivity contribution < 1.29 is 9.53 Å². The van der Waals surface area contributed by atoms with Gasteiger partial charge in [0.1, 0.15) is 5.82 Å². The van der Waals surface area contributed by atoms with E-state index in [2.05, 4.69) is 28.7 Å². The van der Waals surface area contributed by atoms with Gasteiger partial charge in [0.15, 0.2) is 0 Å². The maximum atomic E-state index is 12.5. The molecule has 1 unspecified atom stereocenters. The van der Waals surface area contributed by atoms with Crippen molar-refractivity contribution in [2.24, 2.45) is 0 Å². The highest BCUT2D eigenvalue weighted by Crippen LogP contribution is 2.29. The highest BCUT2D eigenvalue weighted by atomic mass is 35.5. The molecule has 8 heteroatoms. The third kappa shape index (κ3) is 4.83. The highest BCUT2D eigenvalue weighted by Gasteiger charge is 2.18. The second-order valence-electron chi connectivity index (χ2n) is 7.06. The van der Waals surface area contributed by atoms with Crippen LogP contribution in [0.3, 0.4) is 0 Å². The molecular weight excluding hydrogens is 425 g/mol. The van der Waals surface area contributed by atoms with Gasteiger partial charge in [-0.05, 0) is 55.8 Å². The number of ether oxygens (including phenoxy) is 1. The van der Waals surface area contributed by atoms with Crippen molar-refractivity contribution in [3.63, 3.8) is 0 Å². The molecule has 0 spiro atoms. The standard InChI is InChI=1S/C22H23Cl2N3O3/c1-4-9-27(13(2)14-6-8-17(23)18(24)10-14)12-20-25-19-11-15(22(29)30-3)5-7-16(19)21(28)26-20/h5-8,10-11,13H,4,9,12H2,1-3H3,(H,25,26,28). The number of hydrogen-bond acceptors (Lipinski definition) is 5. The molecular formula is C22H23Cl2N3O3. The fourth-order valence-corrected chi connectivity index (χ4v) is 3.69. The lowest BCUT2D eigenvalue weighted by atomic mass is 10.1. The first kappa shape index (κ1) is 22.3. The molecule has 1 N–H and O–H groups in total. The number of esters is 1. The Morgan fingerprint density at radius 3 is 2.63 bits per heavy atom. The van der Waals surface area contributed by atoms with Crippen molar-refractivity contribution in [2.75, 3.05) is 13.7 Å². The van der Waals surface area contributed by atoms with E-state index in [1.54, 1.807) is 24.3 Å². The number of rotatable bonds is 7. The first-order valence-corrected chi connectivity index (χ1v) is 10.4. The third-order valence-corrected chi connectivity index (χ3v) is 5.75.